The molecule has 1 fully saturated rings. The van der Waals surface area contributed by atoms with E-state index in [1.54, 1.807) is 32.0 Å². The number of amides is 2. The van der Waals surface area contributed by atoms with Crippen molar-refractivity contribution < 1.29 is 22.7 Å². The summed E-state index contributed by atoms with van der Waals surface area (Å²) in [6.45, 7) is 3.47. The minimum Gasteiger partial charge on any atom is -0.463 e. The zero-order valence-electron chi connectivity index (χ0n) is 15.4. The summed E-state index contributed by atoms with van der Waals surface area (Å²) >= 11 is 12.1. The maximum Gasteiger partial charge on any atom is 0.338 e. The number of nitrogens with zero attached hydrogens (tertiary/aromatic N) is 1. The van der Waals surface area contributed by atoms with Gasteiger partial charge in [-0.2, -0.15) is 0 Å². The Morgan fingerprint density at radius 1 is 1.32 bits per heavy atom. The molecule has 0 saturated carbocycles. The SMILES string of the molecule is CCOC(=O)C1=C(C)N([C@@H]2CCS(=O)(=O)C2)C(=O)N[C@@H]1c1ccc(Cl)c(Cl)c1. The van der Waals surface area contributed by atoms with Crippen molar-refractivity contribution in [2.45, 2.75) is 32.4 Å². The molecular formula is C18H20Cl2N2O5S. The lowest BCUT2D eigenvalue weighted by Gasteiger charge is -2.38. The third kappa shape index (κ3) is 3.99. The highest BCUT2D eigenvalue weighted by atomic mass is 35.5. The molecule has 2 amide bonds. The van der Waals surface area contributed by atoms with Gasteiger partial charge in [0.1, 0.15) is 0 Å². The van der Waals surface area contributed by atoms with Crippen LogP contribution in [0.25, 0.3) is 0 Å². The van der Waals surface area contributed by atoms with Gasteiger partial charge >= 0.3 is 12.0 Å². The monoisotopic (exact) mass is 446 g/mol. The Balaban J connectivity index is 2.07. The van der Waals surface area contributed by atoms with Gasteiger partial charge in [-0.1, -0.05) is 29.3 Å². The van der Waals surface area contributed by atoms with E-state index in [1.807, 2.05) is 0 Å². The van der Waals surface area contributed by atoms with E-state index in [2.05, 4.69) is 5.32 Å². The van der Waals surface area contributed by atoms with Crippen molar-refractivity contribution in [2.24, 2.45) is 0 Å². The van der Waals surface area contributed by atoms with Crippen LogP contribution in [0, 0.1) is 0 Å². The van der Waals surface area contributed by atoms with Gasteiger partial charge in [0.05, 0.1) is 45.8 Å². The summed E-state index contributed by atoms with van der Waals surface area (Å²) in [5.41, 5.74) is 1.19. The van der Waals surface area contributed by atoms with Gasteiger partial charge in [0, 0.05) is 5.70 Å². The van der Waals surface area contributed by atoms with Crippen molar-refractivity contribution in [1.82, 2.24) is 10.2 Å². The van der Waals surface area contributed by atoms with E-state index in [0.717, 1.165) is 0 Å². The molecule has 2 aliphatic heterocycles. The fraction of sp³-hybridized carbons (Fsp3) is 0.444. The first-order chi connectivity index (χ1) is 13.1. The van der Waals surface area contributed by atoms with Crippen molar-refractivity contribution >= 4 is 45.0 Å². The zero-order chi connectivity index (χ0) is 20.6. The fourth-order valence-corrected chi connectivity index (χ4v) is 5.60. The van der Waals surface area contributed by atoms with Gasteiger partial charge < -0.3 is 10.1 Å². The lowest BCUT2D eigenvalue weighted by molar-refractivity contribution is -0.139. The molecule has 7 nitrogen and oxygen atoms in total. The molecule has 0 aromatic heterocycles. The third-order valence-corrected chi connectivity index (χ3v) is 7.36. The molecule has 0 unspecified atom stereocenters. The Hall–Kier alpha value is -1.77. The van der Waals surface area contributed by atoms with Crippen LogP contribution < -0.4 is 5.32 Å². The summed E-state index contributed by atoms with van der Waals surface area (Å²) in [5, 5.41) is 3.43. The topological polar surface area (TPSA) is 92.8 Å². The fourth-order valence-electron chi connectivity index (χ4n) is 3.59. The van der Waals surface area contributed by atoms with E-state index in [4.69, 9.17) is 27.9 Å². The zero-order valence-corrected chi connectivity index (χ0v) is 17.7. The van der Waals surface area contributed by atoms with Crippen molar-refractivity contribution in [3.63, 3.8) is 0 Å². The average molecular weight is 447 g/mol. The van der Waals surface area contributed by atoms with Gasteiger partial charge in [-0.15, -0.1) is 0 Å². The molecule has 1 aromatic carbocycles. The molecule has 10 heteroatoms. The van der Waals surface area contributed by atoms with Crippen LogP contribution in [-0.2, 0) is 19.4 Å². The van der Waals surface area contributed by atoms with Gasteiger partial charge in [0.25, 0.3) is 0 Å². The van der Waals surface area contributed by atoms with Crippen LogP contribution in [-0.4, -0.2) is 49.5 Å². The number of nitrogens with one attached hydrogen (secondary N) is 1. The Morgan fingerprint density at radius 3 is 2.61 bits per heavy atom. The number of hydrogen-bond donors (Lipinski definition) is 1. The van der Waals surface area contributed by atoms with Gasteiger partial charge in [0.15, 0.2) is 9.84 Å². The second-order valence-electron chi connectivity index (χ2n) is 6.70. The van der Waals surface area contributed by atoms with Gasteiger partial charge in [-0.25, -0.2) is 18.0 Å². The average Bonchev–Trinajstić information content (AvgIpc) is 2.96. The molecule has 2 atom stereocenters. The number of carbonyl (C=O) groups is 2. The molecule has 152 valence electrons. The van der Waals surface area contributed by atoms with Crippen LogP contribution in [0.3, 0.4) is 0 Å². The quantitative estimate of drug-likeness (QED) is 0.717. The Bertz CT molecular complexity index is 961. The first-order valence-electron chi connectivity index (χ1n) is 8.77. The Kier molecular flexibility index (Phi) is 5.93. The number of allylic oxidation sites excluding steroid dienone is 1. The predicted molar refractivity (Wildman–Crippen MR) is 106 cm³/mol. The Labute approximate surface area is 173 Å². The van der Waals surface area contributed by atoms with Crippen LogP contribution in [0.15, 0.2) is 29.5 Å². The molecule has 3 rings (SSSR count). The normalized spacial score (nSPS) is 24.3. The van der Waals surface area contributed by atoms with Crippen LogP contribution in [0.1, 0.15) is 31.9 Å². The van der Waals surface area contributed by atoms with Gasteiger partial charge in [-0.05, 0) is 38.0 Å². The first kappa shape index (κ1) is 21.0. The van der Waals surface area contributed by atoms with Crippen LogP contribution in [0.4, 0.5) is 4.79 Å². The summed E-state index contributed by atoms with van der Waals surface area (Å²) in [6, 6.07) is 3.06. The number of ether oxygens (including phenoxy) is 1. The van der Waals surface area contributed by atoms with Crippen molar-refractivity contribution in [1.29, 1.82) is 0 Å². The largest absolute Gasteiger partial charge is 0.463 e. The molecule has 1 aromatic rings. The molecule has 1 N–H and O–H groups in total. The van der Waals surface area contributed by atoms with Crippen molar-refractivity contribution in [3.05, 3.63) is 45.1 Å². The lowest BCUT2D eigenvalue weighted by atomic mass is 9.94. The maximum absolute atomic E-state index is 12.8. The minimum atomic E-state index is -3.21. The van der Waals surface area contributed by atoms with E-state index in [-0.39, 0.29) is 23.7 Å². The number of benzene rings is 1. The van der Waals surface area contributed by atoms with Crippen molar-refractivity contribution in [2.75, 3.05) is 18.1 Å². The summed E-state index contributed by atoms with van der Waals surface area (Å²) in [4.78, 5) is 26.9. The number of carbonyl (C=O) groups excluding carboxylic acids is 2. The molecule has 0 bridgehead atoms. The highest BCUT2D eigenvalue weighted by Crippen LogP contribution is 2.36. The Morgan fingerprint density at radius 2 is 2.04 bits per heavy atom. The lowest BCUT2D eigenvalue weighted by Crippen LogP contribution is -2.52. The number of hydrogen-bond acceptors (Lipinski definition) is 5. The van der Waals surface area contributed by atoms with Crippen molar-refractivity contribution in [3.8, 4) is 0 Å². The van der Waals surface area contributed by atoms with E-state index in [0.29, 0.717) is 27.7 Å². The summed E-state index contributed by atoms with van der Waals surface area (Å²) in [7, 11) is -3.21. The molecule has 0 radical (unpaired) electrons. The van der Waals surface area contributed by atoms with E-state index in [1.165, 1.54) is 4.90 Å². The van der Waals surface area contributed by atoms with E-state index >= 15 is 0 Å². The van der Waals surface area contributed by atoms with E-state index in [9.17, 15) is 18.0 Å². The van der Waals surface area contributed by atoms with Gasteiger partial charge in [0.2, 0.25) is 0 Å². The summed E-state index contributed by atoms with van der Waals surface area (Å²) in [6.07, 6.45) is 0.320. The second kappa shape index (κ2) is 7.93. The van der Waals surface area contributed by atoms with E-state index < -0.39 is 33.9 Å². The second-order valence-corrected chi connectivity index (χ2v) is 9.75. The maximum atomic E-state index is 12.8. The van der Waals surface area contributed by atoms with Crippen LogP contribution in [0.5, 0.6) is 0 Å². The smallest absolute Gasteiger partial charge is 0.338 e. The molecule has 2 aliphatic rings. The molecule has 0 aliphatic carbocycles. The number of sulfone groups is 1. The number of halogens is 2. The third-order valence-electron chi connectivity index (χ3n) is 4.87. The summed E-state index contributed by atoms with van der Waals surface area (Å²) < 4.78 is 28.9. The molecule has 2 heterocycles. The molecular weight excluding hydrogens is 427 g/mol. The highest BCUT2D eigenvalue weighted by molar-refractivity contribution is 7.91. The number of rotatable bonds is 4. The summed E-state index contributed by atoms with van der Waals surface area (Å²) in [5.74, 6) is -0.702. The minimum absolute atomic E-state index is 0.0136. The standard InChI is InChI=1S/C18H20Cl2N2O5S/c1-3-27-17(23)15-10(2)22(12-6-7-28(25,26)9-12)18(24)21-16(15)11-4-5-13(19)14(20)8-11/h4-5,8,12,16H,3,6-7,9H2,1-2H3,(H,21,24)/t12-,16-/m1/s1. The first-order valence-corrected chi connectivity index (χ1v) is 11.4. The predicted octanol–water partition coefficient (Wildman–Crippen LogP) is 3.08. The highest BCUT2D eigenvalue weighted by Gasteiger charge is 2.42. The molecule has 28 heavy (non-hydrogen) atoms. The van der Waals surface area contributed by atoms with Gasteiger partial charge in [-0.3, -0.25) is 4.90 Å². The van der Waals surface area contributed by atoms with Crippen LogP contribution in [0.2, 0.25) is 10.0 Å². The number of esters is 1. The molecule has 0 spiro atoms. The molecule has 1 saturated heterocycles. The number of urea groups is 1. The van der Waals surface area contributed by atoms with Crippen LogP contribution >= 0.6 is 23.2 Å².